The molecular formula is C23H29Cl2N5. The Labute approximate surface area is 188 Å². The zero-order chi connectivity index (χ0) is 21.5. The highest BCUT2D eigenvalue weighted by Gasteiger charge is 2.11. The fraction of sp³-hybridized carbons (Fsp3) is 0.391. The highest BCUT2D eigenvalue weighted by molar-refractivity contribution is 6.35. The van der Waals surface area contributed by atoms with Crippen molar-refractivity contribution >= 4 is 51.6 Å². The average Bonchev–Trinajstić information content (AvgIpc) is 2.70. The Bertz CT molecular complexity index is 955. The van der Waals surface area contributed by atoms with Gasteiger partial charge in [0.2, 0.25) is 5.95 Å². The number of hydrogen-bond acceptors (Lipinski definition) is 5. The third-order valence-corrected chi connectivity index (χ3v) is 5.55. The van der Waals surface area contributed by atoms with Gasteiger partial charge in [0.05, 0.1) is 5.52 Å². The largest absolute Gasteiger partial charge is 0.352 e. The maximum absolute atomic E-state index is 6.15. The Kier molecular flexibility index (Phi) is 8.14. The monoisotopic (exact) mass is 445 g/mol. The molecule has 0 saturated carbocycles. The van der Waals surface area contributed by atoms with E-state index < -0.39 is 0 Å². The zero-order valence-corrected chi connectivity index (χ0v) is 19.3. The molecule has 2 aromatic carbocycles. The summed E-state index contributed by atoms with van der Waals surface area (Å²) in [7, 11) is 0. The van der Waals surface area contributed by atoms with Crippen molar-refractivity contribution in [1.82, 2.24) is 14.9 Å². The summed E-state index contributed by atoms with van der Waals surface area (Å²) in [4.78, 5) is 11.9. The topological polar surface area (TPSA) is 53.1 Å². The lowest BCUT2D eigenvalue weighted by Gasteiger charge is -2.20. The van der Waals surface area contributed by atoms with Gasteiger partial charge in [-0.15, -0.1) is 0 Å². The van der Waals surface area contributed by atoms with Gasteiger partial charge >= 0.3 is 0 Å². The van der Waals surface area contributed by atoms with Crippen LogP contribution in [-0.2, 0) is 0 Å². The fourth-order valence-electron chi connectivity index (χ4n) is 3.45. The summed E-state index contributed by atoms with van der Waals surface area (Å²) in [5.74, 6) is 1.33. The third kappa shape index (κ3) is 6.21. The molecule has 0 saturated heterocycles. The molecule has 0 fully saturated rings. The smallest absolute Gasteiger partial charge is 0.225 e. The van der Waals surface area contributed by atoms with Crippen molar-refractivity contribution in [1.29, 1.82) is 0 Å². The second-order valence-electron chi connectivity index (χ2n) is 7.41. The van der Waals surface area contributed by atoms with Gasteiger partial charge in [-0.2, -0.15) is 4.98 Å². The first-order valence-corrected chi connectivity index (χ1v) is 11.2. The normalized spacial score (nSPS) is 12.3. The van der Waals surface area contributed by atoms with E-state index in [1.807, 2.05) is 36.4 Å². The van der Waals surface area contributed by atoms with Gasteiger partial charge < -0.3 is 15.5 Å². The van der Waals surface area contributed by atoms with E-state index in [0.29, 0.717) is 16.0 Å². The molecule has 3 aromatic rings. The van der Waals surface area contributed by atoms with Crippen LogP contribution in [0.5, 0.6) is 0 Å². The first-order valence-electron chi connectivity index (χ1n) is 10.5. The molecule has 0 aliphatic carbocycles. The molecule has 5 nitrogen and oxygen atoms in total. The molecule has 1 heterocycles. The Morgan fingerprint density at radius 3 is 2.40 bits per heavy atom. The van der Waals surface area contributed by atoms with Crippen LogP contribution in [0.4, 0.5) is 17.5 Å². The maximum atomic E-state index is 6.15. The van der Waals surface area contributed by atoms with E-state index in [1.165, 1.54) is 0 Å². The Morgan fingerprint density at radius 1 is 1.00 bits per heavy atom. The van der Waals surface area contributed by atoms with Gasteiger partial charge in [-0.05, 0) is 69.7 Å². The lowest BCUT2D eigenvalue weighted by atomic mass is 10.2. The molecule has 0 aliphatic rings. The van der Waals surface area contributed by atoms with Crippen molar-refractivity contribution in [3.8, 4) is 0 Å². The molecule has 160 valence electrons. The molecule has 2 N–H and O–H groups in total. The summed E-state index contributed by atoms with van der Waals surface area (Å²) >= 11 is 12.3. The van der Waals surface area contributed by atoms with Gasteiger partial charge in [0.25, 0.3) is 0 Å². The van der Waals surface area contributed by atoms with Crippen LogP contribution in [0.3, 0.4) is 0 Å². The Morgan fingerprint density at radius 2 is 1.70 bits per heavy atom. The number of hydrogen-bond donors (Lipinski definition) is 2. The number of nitrogens with zero attached hydrogens (tertiary/aromatic N) is 3. The van der Waals surface area contributed by atoms with E-state index in [4.69, 9.17) is 33.2 Å². The van der Waals surface area contributed by atoms with Gasteiger partial charge in [0.15, 0.2) is 0 Å². The van der Waals surface area contributed by atoms with E-state index in [-0.39, 0.29) is 6.04 Å². The van der Waals surface area contributed by atoms with Crippen molar-refractivity contribution in [3.63, 3.8) is 0 Å². The van der Waals surface area contributed by atoms with Crippen molar-refractivity contribution in [2.45, 2.75) is 39.7 Å². The molecule has 1 aromatic heterocycles. The summed E-state index contributed by atoms with van der Waals surface area (Å²) in [6.07, 6.45) is 2.19. The van der Waals surface area contributed by atoms with Crippen LogP contribution < -0.4 is 10.6 Å². The summed E-state index contributed by atoms with van der Waals surface area (Å²) in [5.41, 5.74) is 1.66. The number of para-hydroxylation sites is 1. The number of benzene rings is 2. The lowest BCUT2D eigenvalue weighted by molar-refractivity contribution is 0.295. The first-order chi connectivity index (χ1) is 14.5. The summed E-state index contributed by atoms with van der Waals surface area (Å²) in [6.45, 7) is 9.87. The molecule has 30 heavy (non-hydrogen) atoms. The highest BCUT2D eigenvalue weighted by atomic mass is 35.5. The fourth-order valence-corrected chi connectivity index (χ4v) is 3.98. The van der Waals surface area contributed by atoms with Crippen LogP contribution in [0.25, 0.3) is 10.9 Å². The van der Waals surface area contributed by atoms with Gasteiger partial charge in [-0.3, -0.25) is 0 Å². The third-order valence-electron chi connectivity index (χ3n) is 5.11. The predicted octanol–water partition coefficient (Wildman–Crippen LogP) is 6.60. The number of fused-ring (bicyclic) bond motifs is 1. The molecule has 0 aliphatic heterocycles. The first kappa shape index (κ1) is 22.6. The van der Waals surface area contributed by atoms with E-state index in [9.17, 15) is 0 Å². The summed E-state index contributed by atoms with van der Waals surface area (Å²) < 4.78 is 0. The number of anilines is 3. The molecule has 1 atom stereocenters. The summed E-state index contributed by atoms with van der Waals surface area (Å²) in [6, 6.07) is 13.6. The molecule has 7 heteroatoms. The number of rotatable bonds is 10. The lowest BCUT2D eigenvalue weighted by Crippen LogP contribution is -2.26. The van der Waals surface area contributed by atoms with E-state index in [2.05, 4.69) is 36.3 Å². The van der Waals surface area contributed by atoms with E-state index in [0.717, 1.165) is 54.9 Å². The minimum Gasteiger partial charge on any atom is -0.352 e. The van der Waals surface area contributed by atoms with Crippen LogP contribution in [0, 0.1) is 0 Å². The van der Waals surface area contributed by atoms with Crippen molar-refractivity contribution in [2.24, 2.45) is 0 Å². The predicted molar refractivity (Wildman–Crippen MR) is 129 cm³/mol. The van der Waals surface area contributed by atoms with Crippen LogP contribution in [0.15, 0.2) is 42.5 Å². The van der Waals surface area contributed by atoms with Crippen molar-refractivity contribution in [3.05, 3.63) is 52.5 Å². The second-order valence-corrected chi connectivity index (χ2v) is 8.28. The molecule has 1 unspecified atom stereocenters. The standard InChI is InChI=1S/C23H29Cl2N5/c1-4-30(5-2)12-8-9-16(3)26-23-28-21-11-7-6-10-20(21)22(29-23)27-19-14-17(24)13-18(25)15-19/h6-7,10-11,13-16H,4-5,8-9,12H2,1-3H3,(H2,26,27,28,29). The van der Waals surface area contributed by atoms with E-state index >= 15 is 0 Å². The molecular weight excluding hydrogens is 417 g/mol. The van der Waals surface area contributed by atoms with Crippen LogP contribution in [0.1, 0.15) is 33.6 Å². The minimum absolute atomic E-state index is 0.273. The van der Waals surface area contributed by atoms with Crippen LogP contribution in [-0.4, -0.2) is 40.5 Å². The number of halogens is 2. The number of aromatic nitrogens is 2. The van der Waals surface area contributed by atoms with Gasteiger partial charge in [0, 0.05) is 27.2 Å². The minimum atomic E-state index is 0.273. The maximum Gasteiger partial charge on any atom is 0.225 e. The Balaban J connectivity index is 1.77. The molecule has 3 rings (SSSR count). The average molecular weight is 446 g/mol. The molecule has 0 spiro atoms. The van der Waals surface area contributed by atoms with Crippen molar-refractivity contribution in [2.75, 3.05) is 30.3 Å². The Hall–Kier alpha value is -2.08. The number of nitrogens with one attached hydrogen (secondary N) is 2. The van der Waals surface area contributed by atoms with Gasteiger partial charge in [0.1, 0.15) is 5.82 Å². The SMILES string of the molecule is CCN(CC)CCCC(C)Nc1nc(Nc2cc(Cl)cc(Cl)c2)c2ccccc2n1. The van der Waals surface area contributed by atoms with Crippen LogP contribution >= 0.6 is 23.2 Å². The van der Waals surface area contributed by atoms with E-state index in [1.54, 1.807) is 6.07 Å². The van der Waals surface area contributed by atoms with Gasteiger partial charge in [-0.1, -0.05) is 49.2 Å². The molecule has 0 radical (unpaired) electrons. The van der Waals surface area contributed by atoms with Gasteiger partial charge in [-0.25, -0.2) is 4.98 Å². The molecule has 0 amide bonds. The zero-order valence-electron chi connectivity index (χ0n) is 17.8. The molecule has 0 bridgehead atoms. The highest BCUT2D eigenvalue weighted by Crippen LogP contribution is 2.29. The van der Waals surface area contributed by atoms with Crippen molar-refractivity contribution < 1.29 is 0 Å². The quantitative estimate of drug-likeness (QED) is 0.367. The summed E-state index contributed by atoms with van der Waals surface area (Å²) in [5, 5.41) is 8.89. The second kappa shape index (κ2) is 10.8. The van der Waals surface area contributed by atoms with Crippen LogP contribution in [0.2, 0.25) is 10.0 Å².